The lowest BCUT2D eigenvalue weighted by molar-refractivity contribution is -0.0518. The monoisotopic (exact) mass is 270 g/mol. The number of hydrogen-bond acceptors (Lipinski definition) is 2. The van der Waals surface area contributed by atoms with E-state index in [2.05, 4.69) is 0 Å². The van der Waals surface area contributed by atoms with Crippen molar-refractivity contribution >= 4 is 11.0 Å². The molecule has 0 saturated heterocycles. The molecule has 1 aromatic heterocycles. The van der Waals surface area contributed by atoms with Gasteiger partial charge in [0.15, 0.2) is 0 Å². The topological polar surface area (TPSA) is 33.4 Å². The number of furan rings is 1. The highest BCUT2D eigenvalue weighted by atomic mass is 16.4. The van der Waals surface area contributed by atoms with Crippen LogP contribution in [-0.4, -0.2) is 5.11 Å². The summed E-state index contributed by atoms with van der Waals surface area (Å²) in [7, 11) is 0. The van der Waals surface area contributed by atoms with Crippen LogP contribution in [0, 0.1) is 5.41 Å². The van der Waals surface area contributed by atoms with Gasteiger partial charge < -0.3 is 9.52 Å². The van der Waals surface area contributed by atoms with E-state index in [1.54, 1.807) is 0 Å². The first-order valence-electron chi connectivity index (χ1n) is 7.91. The van der Waals surface area contributed by atoms with Crippen LogP contribution in [0.5, 0.6) is 0 Å². The molecule has 2 nitrogen and oxygen atoms in total. The Kier molecular flexibility index (Phi) is 2.71. The van der Waals surface area contributed by atoms with Crippen LogP contribution in [0.2, 0.25) is 0 Å². The number of para-hydroxylation sites is 1. The van der Waals surface area contributed by atoms with Crippen LogP contribution in [0.3, 0.4) is 0 Å². The molecule has 0 aliphatic heterocycles. The SMILES string of the molecule is OC1(c2cc3ccccc3o2)CCC2(CCCC2)CC1. The molecule has 2 saturated carbocycles. The fourth-order valence-electron chi connectivity index (χ4n) is 4.28. The summed E-state index contributed by atoms with van der Waals surface area (Å²) >= 11 is 0. The molecule has 20 heavy (non-hydrogen) atoms. The molecule has 1 heterocycles. The second-order valence-electron chi connectivity index (χ2n) is 6.89. The van der Waals surface area contributed by atoms with Gasteiger partial charge in [-0.3, -0.25) is 0 Å². The Bertz CT molecular complexity index is 576. The maximum Gasteiger partial charge on any atom is 0.136 e. The Balaban J connectivity index is 1.61. The molecule has 0 radical (unpaired) electrons. The van der Waals surface area contributed by atoms with Crippen LogP contribution in [0.4, 0.5) is 0 Å². The van der Waals surface area contributed by atoms with Crippen molar-refractivity contribution in [2.24, 2.45) is 5.41 Å². The fourth-order valence-corrected chi connectivity index (χ4v) is 4.28. The second-order valence-corrected chi connectivity index (χ2v) is 6.89. The molecular weight excluding hydrogens is 248 g/mol. The minimum atomic E-state index is -0.743. The molecule has 2 heteroatoms. The maximum absolute atomic E-state index is 11.0. The molecule has 4 rings (SSSR count). The molecule has 0 atom stereocenters. The zero-order valence-electron chi connectivity index (χ0n) is 11.9. The van der Waals surface area contributed by atoms with E-state index in [1.807, 2.05) is 30.3 Å². The van der Waals surface area contributed by atoms with Crippen molar-refractivity contribution in [3.8, 4) is 0 Å². The highest BCUT2D eigenvalue weighted by molar-refractivity contribution is 5.77. The molecule has 2 fully saturated rings. The third kappa shape index (κ3) is 1.89. The Hall–Kier alpha value is -1.28. The fraction of sp³-hybridized carbons (Fsp3) is 0.556. The predicted molar refractivity (Wildman–Crippen MR) is 79.5 cm³/mol. The van der Waals surface area contributed by atoms with Gasteiger partial charge in [0.05, 0.1) is 0 Å². The van der Waals surface area contributed by atoms with E-state index in [1.165, 1.54) is 25.7 Å². The van der Waals surface area contributed by atoms with Gasteiger partial charge in [-0.25, -0.2) is 0 Å². The number of rotatable bonds is 1. The van der Waals surface area contributed by atoms with Crippen LogP contribution in [0.25, 0.3) is 11.0 Å². The van der Waals surface area contributed by atoms with E-state index >= 15 is 0 Å². The molecule has 0 bridgehead atoms. The lowest BCUT2D eigenvalue weighted by atomic mass is 9.67. The smallest absolute Gasteiger partial charge is 0.136 e. The van der Waals surface area contributed by atoms with Crippen LogP contribution in [-0.2, 0) is 5.60 Å². The standard InChI is InChI=1S/C18H22O2/c19-18(11-9-17(10-12-18)7-3-4-8-17)16-13-14-5-1-2-6-15(14)20-16/h1-2,5-6,13,19H,3-4,7-12H2. The lowest BCUT2D eigenvalue weighted by Gasteiger charge is -2.41. The van der Waals surface area contributed by atoms with Crippen LogP contribution < -0.4 is 0 Å². The minimum absolute atomic E-state index is 0.540. The van der Waals surface area contributed by atoms with Gasteiger partial charge in [0, 0.05) is 5.39 Å². The van der Waals surface area contributed by atoms with E-state index in [0.717, 1.165) is 42.4 Å². The number of benzene rings is 1. The number of aliphatic hydroxyl groups is 1. The summed E-state index contributed by atoms with van der Waals surface area (Å²) in [6.45, 7) is 0. The van der Waals surface area contributed by atoms with Crippen molar-refractivity contribution in [1.29, 1.82) is 0 Å². The van der Waals surface area contributed by atoms with Crippen molar-refractivity contribution in [2.75, 3.05) is 0 Å². The van der Waals surface area contributed by atoms with Gasteiger partial charge in [-0.05, 0) is 56.1 Å². The summed E-state index contributed by atoms with van der Waals surface area (Å²) in [6, 6.07) is 10.0. The van der Waals surface area contributed by atoms with Crippen LogP contribution in [0.1, 0.15) is 57.1 Å². The summed E-state index contributed by atoms with van der Waals surface area (Å²) in [6.07, 6.45) is 9.50. The zero-order chi connectivity index (χ0) is 13.6. The van der Waals surface area contributed by atoms with Crippen molar-refractivity contribution in [3.63, 3.8) is 0 Å². The summed E-state index contributed by atoms with van der Waals surface area (Å²) in [5, 5.41) is 12.1. The van der Waals surface area contributed by atoms with E-state index in [-0.39, 0.29) is 0 Å². The largest absolute Gasteiger partial charge is 0.458 e. The van der Waals surface area contributed by atoms with E-state index in [0.29, 0.717) is 5.41 Å². The lowest BCUT2D eigenvalue weighted by Crippen LogP contribution is -2.35. The average Bonchev–Trinajstić information content (AvgIpc) is 3.10. The first-order chi connectivity index (χ1) is 9.69. The summed E-state index contributed by atoms with van der Waals surface area (Å²) in [5.41, 5.74) is 0.683. The molecule has 1 aromatic carbocycles. The summed E-state index contributed by atoms with van der Waals surface area (Å²) in [4.78, 5) is 0. The van der Waals surface area contributed by atoms with E-state index in [4.69, 9.17) is 4.42 Å². The molecule has 106 valence electrons. The zero-order valence-corrected chi connectivity index (χ0v) is 11.9. The second kappa shape index (κ2) is 4.36. The first-order valence-corrected chi connectivity index (χ1v) is 7.91. The predicted octanol–water partition coefficient (Wildman–Crippen LogP) is 4.75. The quantitative estimate of drug-likeness (QED) is 0.810. The molecule has 2 aliphatic carbocycles. The van der Waals surface area contributed by atoms with Gasteiger partial charge in [-0.15, -0.1) is 0 Å². The van der Waals surface area contributed by atoms with E-state index < -0.39 is 5.60 Å². The third-order valence-corrected chi connectivity index (χ3v) is 5.69. The Morgan fingerprint density at radius 2 is 1.60 bits per heavy atom. The van der Waals surface area contributed by atoms with Crippen molar-refractivity contribution in [2.45, 2.75) is 57.0 Å². The summed E-state index contributed by atoms with van der Waals surface area (Å²) < 4.78 is 5.91. The van der Waals surface area contributed by atoms with Crippen LogP contribution >= 0.6 is 0 Å². The third-order valence-electron chi connectivity index (χ3n) is 5.69. The average molecular weight is 270 g/mol. The summed E-state index contributed by atoms with van der Waals surface area (Å²) in [5.74, 6) is 0.770. The van der Waals surface area contributed by atoms with Crippen molar-refractivity contribution in [3.05, 3.63) is 36.1 Å². The van der Waals surface area contributed by atoms with Gasteiger partial charge in [-0.2, -0.15) is 0 Å². The van der Waals surface area contributed by atoms with Crippen molar-refractivity contribution in [1.82, 2.24) is 0 Å². The molecule has 0 unspecified atom stereocenters. The minimum Gasteiger partial charge on any atom is -0.458 e. The Morgan fingerprint density at radius 1 is 0.900 bits per heavy atom. The number of hydrogen-bond donors (Lipinski definition) is 1. The van der Waals surface area contributed by atoms with E-state index in [9.17, 15) is 5.11 Å². The molecule has 1 spiro atoms. The first kappa shape index (κ1) is 12.5. The highest BCUT2D eigenvalue weighted by Crippen LogP contribution is 2.53. The van der Waals surface area contributed by atoms with Gasteiger partial charge in [-0.1, -0.05) is 31.0 Å². The van der Waals surface area contributed by atoms with Crippen LogP contribution in [0.15, 0.2) is 34.7 Å². The number of fused-ring (bicyclic) bond motifs is 1. The Labute approximate surface area is 119 Å². The van der Waals surface area contributed by atoms with Gasteiger partial charge >= 0.3 is 0 Å². The van der Waals surface area contributed by atoms with Crippen molar-refractivity contribution < 1.29 is 9.52 Å². The highest BCUT2D eigenvalue weighted by Gasteiger charge is 2.45. The molecular formula is C18H22O2. The van der Waals surface area contributed by atoms with Gasteiger partial charge in [0.2, 0.25) is 0 Å². The molecule has 0 amide bonds. The van der Waals surface area contributed by atoms with Gasteiger partial charge in [0.1, 0.15) is 16.9 Å². The normalized spacial score (nSPS) is 24.4. The molecule has 1 N–H and O–H groups in total. The Morgan fingerprint density at radius 3 is 2.30 bits per heavy atom. The molecule has 2 aliphatic rings. The van der Waals surface area contributed by atoms with Gasteiger partial charge in [0.25, 0.3) is 0 Å². The molecule has 2 aromatic rings. The maximum atomic E-state index is 11.0.